The number of fused-ring (bicyclic) bond motifs is 1. The molecule has 1 aliphatic heterocycles. The molecule has 5 amide bonds. The first kappa shape index (κ1) is 32.0. The lowest BCUT2D eigenvalue weighted by Crippen LogP contribution is -2.59. The van der Waals surface area contributed by atoms with Crippen molar-refractivity contribution in [2.24, 2.45) is 11.8 Å². The smallest absolute Gasteiger partial charge is 0.289 e. The van der Waals surface area contributed by atoms with E-state index in [1.807, 2.05) is 6.92 Å². The van der Waals surface area contributed by atoms with Gasteiger partial charge in [-0.3, -0.25) is 33.8 Å². The van der Waals surface area contributed by atoms with Crippen LogP contribution in [-0.2, 0) is 24.0 Å². The number of carbonyl (C=O) groups is 6. The topological polar surface area (TPSA) is 180 Å². The first-order chi connectivity index (χ1) is 20.6. The van der Waals surface area contributed by atoms with Crippen molar-refractivity contribution in [3.05, 3.63) is 24.3 Å². The number of hydrogen-bond donors (Lipinski definition) is 4. The van der Waals surface area contributed by atoms with Gasteiger partial charge in [0, 0.05) is 24.5 Å². The van der Waals surface area contributed by atoms with E-state index in [0.29, 0.717) is 19.3 Å². The van der Waals surface area contributed by atoms with E-state index in [1.54, 1.807) is 18.7 Å². The van der Waals surface area contributed by atoms with Gasteiger partial charge in [0.2, 0.25) is 23.5 Å². The molecule has 2 aliphatic carbocycles. The highest BCUT2D eigenvalue weighted by Gasteiger charge is 2.49. The second-order valence-electron chi connectivity index (χ2n) is 12.1. The molecule has 0 aromatic carbocycles. The Hall–Kier alpha value is -3.90. The third-order valence-corrected chi connectivity index (χ3v) is 8.45. The summed E-state index contributed by atoms with van der Waals surface area (Å²) in [5, 5.41) is 10.7. The van der Waals surface area contributed by atoms with Crippen molar-refractivity contribution in [1.29, 1.82) is 0 Å². The molecule has 3 fully saturated rings. The molecule has 1 aromatic rings. The predicted octanol–water partition coefficient (Wildman–Crippen LogP) is 0.640. The number of carbonyl (C=O) groups excluding carboxylic acids is 6. The zero-order valence-corrected chi connectivity index (χ0v) is 25.1. The predicted molar refractivity (Wildman–Crippen MR) is 155 cm³/mol. The fourth-order valence-corrected chi connectivity index (χ4v) is 6.05. The molecule has 1 unspecified atom stereocenters. The van der Waals surface area contributed by atoms with Crippen LogP contribution in [0, 0.1) is 11.8 Å². The summed E-state index contributed by atoms with van der Waals surface area (Å²) < 4.78 is 0. The molecule has 0 spiro atoms. The van der Waals surface area contributed by atoms with Crippen LogP contribution >= 0.6 is 0 Å². The largest absolute Gasteiger partial charge is 0.347 e. The Balaban J connectivity index is 1.46. The third kappa shape index (κ3) is 8.14. The zero-order chi connectivity index (χ0) is 31.1. The molecule has 1 aromatic heterocycles. The number of likely N-dealkylation sites (tertiary alicyclic amines) is 1. The molecular formula is C30H43N7O6. The Morgan fingerprint density at radius 2 is 1.74 bits per heavy atom. The second-order valence-corrected chi connectivity index (χ2v) is 12.1. The van der Waals surface area contributed by atoms with Crippen LogP contribution in [0.5, 0.6) is 0 Å². The van der Waals surface area contributed by atoms with Gasteiger partial charge in [-0.25, -0.2) is 4.98 Å². The van der Waals surface area contributed by atoms with Gasteiger partial charge in [0.25, 0.3) is 11.8 Å². The highest BCUT2D eigenvalue weighted by molar-refractivity contribution is 6.38. The van der Waals surface area contributed by atoms with Crippen LogP contribution in [0.1, 0.15) is 89.0 Å². The molecule has 2 saturated carbocycles. The lowest BCUT2D eigenvalue weighted by atomic mass is 9.84. The third-order valence-electron chi connectivity index (χ3n) is 8.45. The van der Waals surface area contributed by atoms with E-state index in [-0.39, 0.29) is 42.1 Å². The Labute approximate surface area is 251 Å². The summed E-state index contributed by atoms with van der Waals surface area (Å²) in [6.45, 7) is 5.11. The van der Waals surface area contributed by atoms with E-state index in [0.717, 1.165) is 38.5 Å². The molecule has 13 heteroatoms. The van der Waals surface area contributed by atoms with Gasteiger partial charge in [-0.1, -0.05) is 40.0 Å². The van der Waals surface area contributed by atoms with Gasteiger partial charge in [-0.15, -0.1) is 0 Å². The van der Waals surface area contributed by atoms with Crippen LogP contribution in [0.15, 0.2) is 18.6 Å². The van der Waals surface area contributed by atoms with Crippen LogP contribution < -0.4 is 21.3 Å². The van der Waals surface area contributed by atoms with Crippen LogP contribution in [0.3, 0.4) is 0 Å². The maximum atomic E-state index is 14.1. The van der Waals surface area contributed by atoms with Gasteiger partial charge >= 0.3 is 0 Å². The molecule has 234 valence electrons. The SMILES string of the molecule is CCCC(NC(=O)[C@@H]1C[C@@H]2CCCC[C@@H]2N1C(=O)[C@@H](NC(=O)CNC(=O)c1cnccn1)C(C)C)C(=O)C(=O)NC1CC1. The number of amides is 5. The standard InChI is InChI=1S/C30H43N7O6/c1-4-7-20(26(39)29(42)34-19-10-11-19)35-28(41)23-14-18-8-5-6-9-22(18)37(23)30(43)25(17(2)3)36-24(38)16-33-27(40)21-15-31-12-13-32-21/h12-13,15,17-20,22-23,25H,4-11,14,16H2,1-3H3,(H,33,40)(H,34,42)(H,35,41)(H,36,38)/t18-,20?,22-,23-,25-/m0/s1. The van der Waals surface area contributed by atoms with Gasteiger partial charge in [0.1, 0.15) is 17.8 Å². The molecule has 2 heterocycles. The van der Waals surface area contributed by atoms with Crippen molar-refractivity contribution in [3.63, 3.8) is 0 Å². The van der Waals surface area contributed by atoms with Crippen LogP contribution in [-0.4, -0.2) is 86.9 Å². The Morgan fingerprint density at radius 1 is 1.00 bits per heavy atom. The van der Waals surface area contributed by atoms with Crippen LogP contribution in [0.4, 0.5) is 0 Å². The maximum absolute atomic E-state index is 14.1. The van der Waals surface area contributed by atoms with Gasteiger partial charge in [0.15, 0.2) is 0 Å². The number of aromatic nitrogens is 2. The number of nitrogens with one attached hydrogen (secondary N) is 4. The van der Waals surface area contributed by atoms with Crippen molar-refractivity contribution in [1.82, 2.24) is 36.1 Å². The molecular weight excluding hydrogens is 554 g/mol. The highest BCUT2D eigenvalue weighted by atomic mass is 16.2. The molecule has 4 N–H and O–H groups in total. The van der Waals surface area contributed by atoms with Crippen LogP contribution in [0.2, 0.25) is 0 Å². The Morgan fingerprint density at radius 3 is 2.40 bits per heavy atom. The number of hydrogen-bond acceptors (Lipinski definition) is 8. The summed E-state index contributed by atoms with van der Waals surface area (Å²) in [7, 11) is 0. The maximum Gasteiger partial charge on any atom is 0.289 e. The monoisotopic (exact) mass is 597 g/mol. The van der Waals surface area contributed by atoms with Crippen LogP contribution in [0.25, 0.3) is 0 Å². The fraction of sp³-hybridized carbons (Fsp3) is 0.667. The van der Waals surface area contributed by atoms with Crippen molar-refractivity contribution in [2.45, 2.75) is 109 Å². The average Bonchev–Trinajstić information content (AvgIpc) is 3.73. The summed E-state index contributed by atoms with van der Waals surface area (Å²) in [5.41, 5.74) is 0.0610. The van der Waals surface area contributed by atoms with E-state index in [9.17, 15) is 28.8 Å². The molecule has 1 saturated heterocycles. The quantitative estimate of drug-likeness (QED) is 0.239. The van der Waals surface area contributed by atoms with Crippen molar-refractivity contribution in [2.75, 3.05) is 6.54 Å². The second kappa shape index (κ2) is 14.5. The van der Waals surface area contributed by atoms with E-state index < -0.39 is 47.5 Å². The number of Topliss-reactive ketones (excluding diaryl/α,β-unsaturated/α-hetero) is 1. The normalized spacial score (nSPS) is 22.6. The van der Waals surface area contributed by atoms with Gasteiger partial charge in [-0.05, 0) is 50.4 Å². The molecule has 4 rings (SSSR count). The first-order valence-electron chi connectivity index (χ1n) is 15.4. The molecule has 5 atom stereocenters. The minimum Gasteiger partial charge on any atom is -0.347 e. The van der Waals surface area contributed by atoms with Crippen molar-refractivity contribution < 1.29 is 28.8 Å². The van der Waals surface area contributed by atoms with Gasteiger partial charge < -0.3 is 26.2 Å². The summed E-state index contributed by atoms with van der Waals surface area (Å²) in [4.78, 5) is 87.8. The first-order valence-corrected chi connectivity index (χ1v) is 15.4. The summed E-state index contributed by atoms with van der Waals surface area (Å²) in [6, 6.07) is -2.88. The van der Waals surface area contributed by atoms with Crippen molar-refractivity contribution >= 4 is 35.3 Å². The van der Waals surface area contributed by atoms with E-state index in [2.05, 4.69) is 31.2 Å². The molecule has 3 aliphatic rings. The number of ketones is 1. The summed E-state index contributed by atoms with van der Waals surface area (Å²) in [5.74, 6) is -3.50. The number of rotatable bonds is 13. The Bertz CT molecular complexity index is 1200. The van der Waals surface area contributed by atoms with E-state index >= 15 is 0 Å². The number of nitrogens with zero attached hydrogens (tertiary/aromatic N) is 3. The van der Waals surface area contributed by atoms with E-state index in [1.165, 1.54) is 18.6 Å². The highest BCUT2D eigenvalue weighted by Crippen LogP contribution is 2.40. The molecule has 13 nitrogen and oxygen atoms in total. The lowest BCUT2D eigenvalue weighted by molar-refractivity contribution is -0.146. The Kier molecular flexibility index (Phi) is 10.8. The zero-order valence-electron chi connectivity index (χ0n) is 25.1. The molecule has 43 heavy (non-hydrogen) atoms. The minimum atomic E-state index is -0.977. The molecule has 0 bridgehead atoms. The lowest BCUT2D eigenvalue weighted by Gasteiger charge is -2.37. The van der Waals surface area contributed by atoms with Gasteiger partial charge in [0.05, 0.1) is 18.8 Å². The summed E-state index contributed by atoms with van der Waals surface area (Å²) >= 11 is 0. The van der Waals surface area contributed by atoms with Crippen molar-refractivity contribution in [3.8, 4) is 0 Å². The fourth-order valence-electron chi connectivity index (χ4n) is 6.05. The summed E-state index contributed by atoms with van der Waals surface area (Å²) in [6.07, 6.45) is 10.7. The molecule has 0 radical (unpaired) electrons. The van der Waals surface area contributed by atoms with E-state index in [4.69, 9.17) is 0 Å². The average molecular weight is 598 g/mol. The van der Waals surface area contributed by atoms with Gasteiger partial charge in [-0.2, -0.15) is 0 Å². The minimum absolute atomic E-state index is 0.0176.